The number of methoxy groups -OCH3 is 1. The molecule has 0 spiro atoms. The molecule has 16 heavy (non-hydrogen) atoms. The van der Waals surface area contributed by atoms with E-state index in [0.29, 0.717) is 13.2 Å². The molecule has 0 saturated carbocycles. The van der Waals surface area contributed by atoms with Crippen molar-refractivity contribution >= 4 is 6.16 Å². The van der Waals surface area contributed by atoms with Gasteiger partial charge < -0.3 is 29.0 Å². The molecule has 1 N–H and O–H groups in total. The van der Waals surface area contributed by atoms with E-state index in [1.807, 2.05) is 0 Å². The second-order valence-corrected chi connectivity index (χ2v) is 3.85. The Kier molecular flexibility index (Phi) is 11.7. The van der Waals surface area contributed by atoms with Crippen molar-refractivity contribution in [3.63, 3.8) is 0 Å². The third-order valence-corrected chi connectivity index (χ3v) is 2.13. The van der Waals surface area contributed by atoms with Gasteiger partial charge in [0.2, 0.25) is 6.16 Å². The van der Waals surface area contributed by atoms with E-state index >= 15 is 0 Å². The largest absolute Gasteiger partial charge is 0.565 e. The van der Waals surface area contributed by atoms with E-state index in [1.54, 1.807) is 7.11 Å². The van der Waals surface area contributed by atoms with E-state index in [0.717, 1.165) is 24.2 Å². The van der Waals surface area contributed by atoms with Crippen LogP contribution >= 0.6 is 0 Å². The zero-order valence-electron chi connectivity index (χ0n) is 10.6. The number of ether oxygens (including phenoxy) is 2. The van der Waals surface area contributed by atoms with Crippen LogP contribution in [0, 0.1) is 0 Å². The summed E-state index contributed by atoms with van der Waals surface area (Å²) in [5.41, 5.74) is 0. The summed E-state index contributed by atoms with van der Waals surface area (Å²) in [5.74, 6) is 0. The summed E-state index contributed by atoms with van der Waals surface area (Å²) in [4.78, 5) is 8.44. The molecule has 0 aromatic heterocycles. The monoisotopic (exact) mass is 237 g/mol. The molecule has 0 saturated heterocycles. The maximum absolute atomic E-state index is 8.44. The molecule has 0 radical (unpaired) electrons. The summed E-state index contributed by atoms with van der Waals surface area (Å²) >= 11 is 0. The highest BCUT2D eigenvalue weighted by Crippen LogP contribution is 1.94. The smallest absolute Gasteiger partial charge is 0.249 e. The van der Waals surface area contributed by atoms with Crippen LogP contribution in [-0.4, -0.2) is 69.9 Å². The van der Waals surface area contributed by atoms with Crippen molar-refractivity contribution in [2.75, 3.05) is 54.1 Å². The zero-order valence-corrected chi connectivity index (χ0v) is 10.6. The Morgan fingerprint density at radius 1 is 1.31 bits per heavy atom. The van der Waals surface area contributed by atoms with Gasteiger partial charge in [0.1, 0.15) is 6.54 Å². The second kappa shape index (κ2) is 10.7. The average molecular weight is 237 g/mol. The summed E-state index contributed by atoms with van der Waals surface area (Å²) < 4.78 is 11.3. The summed E-state index contributed by atoms with van der Waals surface area (Å²) in [6, 6.07) is 0. The molecule has 0 atom stereocenters. The second-order valence-electron chi connectivity index (χ2n) is 3.85. The molecule has 6 nitrogen and oxygen atoms in total. The van der Waals surface area contributed by atoms with Gasteiger partial charge in [0, 0.05) is 7.11 Å². The number of hydrogen-bond acceptors (Lipinski definition) is 4. The molecule has 0 heterocycles. The summed E-state index contributed by atoms with van der Waals surface area (Å²) in [6.45, 7) is 6.63. The highest BCUT2D eigenvalue weighted by atomic mass is 16.6. The van der Waals surface area contributed by atoms with Crippen LogP contribution in [0.2, 0.25) is 0 Å². The fraction of sp³-hybridized carbons (Fsp3) is 0.900. The fourth-order valence-corrected chi connectivity index (χ4v) is 0.714. The molecule has 0 aromatic carbocycles. The van der Waals surface area contributed by atoms with Crippen molar-refractivity contribution in [2.24, 2.45) is 0 Å². The van der Waals surface area contributed by atoms with Crippen molar-refractivity contribution in [3.05, 3.63) is 0 Å². The first-order valence-corrected chi connectivity index (χ1v) is 5.14. The number of nitrogens with zero attached hydrogens (tertiary/aromatic N) is 1. The van der Waals surface area contributed by atoms with Gasteiger partial charge in [-0.3, -0.25) is 0 Å². The van der Waals surface area contributed by atoms with Crippen molar-refractivity contribution < 1.29 is 29.0 Å². The van der Waals surface area contributed by atoms with Gasteiger partial charge in [0.25, 0.3) is 0 Å². The first-order chi connectivity index (χ1) is 7.35. The molecule has 0 rings (SSSR count). The quantitative estimate of drug-likeness (QED) is 0.483. The van der Waals surface area contributed by atoms with E-state index in [4.69, 9.17) is 24.5 Å². The number of likely N-dealkylation sites (N-methyl/N-ethyl adjacent to an activating group) is 1. The number of hydrogen-bond donors (Lipinski definition) is 1. The molecule has 0 aliphatic carbocycles. The Hall–Kier alpha value is -0.850. The van der Waals surface area contributed by atoms with Crippen LogP contribution in [0.4, 0.5) is 4.79 Å². The van der Waals surface area contributed by atoms with Crippen molar-refractivity contribution in [3.8, 4) is 0 Å². The molecule has 0 aliphatic heterocycles. The topological polar surface area (TPSA) is 78.8 Å². The minimum atomic E-state index is -2.08. The third kappa shape index (κ3) is 18.8. The Balaban J connectivity index is 0. The minimum Gasteiger partial charge on any atom is -0.565 e. The average Bonchev–Trinajstić information content (AvgIpc) is 2.17. The summed E-state index contributed by atoms with van der Waals surface area (Å²) in [7, 11) is 6.11. The van der Waals surface area contributed by atoms with Gasteiger partial charge in [-0.05, 0) is 6.92 Å². The maximum Gasteiger partial charge on any atom is 0.249 e. The highest BCUT2D eigenvalue weighted by molar-refractivity contribution is 5.50. The lowest BCUT2D eigenvalue weighted by Crippen LogP contribution is -2.42. The van der Waals surface area contributed by atoms with Gasteiger partial charge in [-0.25, -0.2) is 0 Å². The summed E-state index contributed by atoms with van der Waals surface area (Å²) in [5, 5.41) is 15.3. The van der Waals surface area contributed by atoms with Gasteiger partial charge in [-0.2, -0.15) is 0 Å². The molecular formula is C10H23NO5. The Morgan fingerprint density at radius 3 is 2.19 bits per heavy atom. The van der Waals surface area contributed by atoms with Crippen LogP contribution in [-0.2, 0) is 9.47 Å². The van der Waals surface area contributed by atoms with Gasteiger partial charge in [0.05, 0.1) is 40.5 Å². The van der Waals surface area contributed by atoms with Crippen molar-refractivity contribution in [1.82, 2.24) is 0 Å². The van der Waals surface area contributed by atoms with Crippen LogP contribution in [0.3, 0.4) is 0 Å². The molecule has 0 unspecified atom stereocenters. The lowest BCUT2D eigenvalue weighted by molar-refractivity contribution is -0.888. The normalized spacial score (nSPS) is 10.5. The Morgan fingerprint density at radius 2 is 1.81 bits per heavy atom. The molecular weight excluding hydrogens is 214 g/mol. The maximum atomic E-state index is 8.44. The fourth-order valence-electron chi connectivity index (χ4n) is 0.714. The standard InChI is InChI=1S/C9H22NO2.CH2O3/c1-5-10(2,3)6-7-12-9-8-11-4;2-1(3)4/h5-9H2,1-4H3;(H2,2,3,4)/q+1;/p-1. The molecule has 0 aromatic rings. The third-order valence-electron chi connectivity index (χ3n) is 2.13. The molecule has 0 bridgehead atoms. The predicted octanol–water partition coefficient (Wildman–Crippen LogP) is -0.367. The molecule has 6 heteroatoms. The Bertz CT molecular complexity index is 169. The van der Waals surface area contributed by atoms with Crippen LogP contribution in [0.5, 0.6) is 0 Å². The number of carboxylic acid groups (broad SMARTS) is 2. The lowest BCUT2D eigenvalue weighted by atomic mass is 10.4. The van der Waals surface area contributed by atoms with Gasteiger partial charge in [-0.15, -0.1) is 0 Å². The van der Waals surface area contributed by atoms with Gasteiger partial charge in [-0.1, -0.05) is 0 Å². The molecule has 98 valence electrons. The first-order valence-electron chi connectivity index (χ1n) is 5.14. The highest BCUT2D eigenvalue weighted by Gasteiger charge is 2.10. The SMILES string of the molecule is CC[N+](C)(C)CCOCCOC.O=C([O-])O. The van der Waals surface area contributed by atoms with E-state index in [-0.39, 0.29) is 0 Å². The van der Waals surface area contributed by atoms with E-state index in [1.165, 1.54) is 0 Å². The molecule has 0 amide bonds. The first kappa shape index (κ1) is 17.5. The summed E-state index contributed by atoms with van der Waals surface area (Å²) in [6.07, 6.45) is -2.08. The lowest BCUT2D eigenvalue weighted by Gasteiger charge is -2.27. The van der Waals surface area contributed by atoms with Crippen LogP contribution in [0.15, 0.2) is 0 Å². The van der Waals surface area contributed by atoms with Crippen molar-refractivity contribution in [2.45, 2.75) is 6.92 Å². The number of rotatable bonds is 7. The van der Waals surface area contributed by atoms with Gasteiger partial charge in [0.15, 0.2) is 0 Å². The van der Waals surface area contributed by atoms with E-state index in [9.17, 15) is 0 Å². The van der Waals surface area contributed by atoms with E-state index < -0.39 is 6.16 Å². The van der Waals surface area contributed by atoms with Crippen molar-refractivity contribution in [1.29, 1.82) is 0 Å². The zero-order chi connectivity index (χ0) is 13.0. The minimum absolute atomic E-state index is 0.694. The molecule has 0 fully saturated rings. The number of quaternary nitrogens is 1. The van der Waals surface area contributed by atoms with E-state index in [2.05, 4.69) is 21.0 Å². The van der Waals surface area contributed by atoms with Gasteiger partial charge >= 0.3 is 0 Å². The molecule has 0 aliphatic rings. The number of carbonyl (C=O) groups is 1. The van der Waals surface area contributed by atoms with Crippen LogP contribution in [0.1, 0.15) is 6.92 Å². The predicted molar refractivity (Wildman–Crippen MR) is 58.2 cm³/mol. The Labute approximate surface area is 97.0 Å². The van der Waals surface area contributed by atoms with Crippen LogP contribution < -0.4 is 5.11 Å². The van der Waals surface area contributed by atoms with Crippen LogP contribution in [0.25, 0.3) is 0 Å².